The summed E-state index contributed by atoms with van der Waals surface area (Å²) >= 11 is 0. The van der Waals surface area contributed by atoms with Crippen molar-refractivity contribution >= 4 is 6.09 Å². The molecule has 0 unspecified atom stereocenters. The lowest BCUT2D eigenvalue weighted by molar-refractivity contribution is -0.828. The number of amides is 1. The Morgan fingerprint density at radius 1 is 1.71 bits per heavy atom. The number of nitrogens with zero attached hydrogens (tertiary/aromatic N) is 1. The molecule has 0 aromatic heterocycles. The molecule has 0 atom stereocenters. The van der Waals surface area contributed by atoms with Gasteiger partial charge in [-0.15, -0.1) is 0 Å². The molecular formula is C3H9N2O2+. The first-order chi connectivity index (χ1) is 2.94. The molecule has 0 saturated carbocycles. The average molecular weight is 105 g/mol. The van der Waals surface area contributed by atoms with E-state index in [1.807, 2.05) is 0 Å². The highest BCUT2D eigenvalue weighted by molar-refractivity contribution is 5.55. The van der Waals surface area contributed by atoms with Gasteiger partial charge in [-0.05, 0) is 0 Å². The lowest BCUT2D eigenvalue weighted by Crippen LogP contribution is -2.50. The van der Waals surface area contributed by atoms with Crippen molar-refractivity contribution in [3.63, 3.8) is 0 Å². The normalized spacial score (nSPS) is 11.3. The summed E-state index contributed by atoms with van der Waals surface area (Å²) < 4.78 is -0.528. The second-order valence-electron chi connectivity index (χ2n) is 1.82. The maximum absolute atomic E-state index is 9.87. The zero-order valence-electron chi connectivity index (χ0n) is 4.38. The highest BCUT2D eigenvalue weighted by atomic mass is 16.4. The molecule has 0 saturated heterocycles. The topological polar surface area (TPSA) is 63.3 Å². The Bertz CT molecular complexity index is 83.4. The van der Waals surface area contributed by atoms with Gasteiger partial charge in [0.25, 0.3) is 0 Å². The van der Waals surface area contributed by atoms with Gasteiger partial charge in [0.1, 0.15) is 0 Å². The number of carboxylic acid groups (broad SMARTS) is 1. The van der Waals surface area contributed by atoms with Crippen molar-refractivity contribution in [1.29, 1.82) is 0 Å². The van der Waals surface area contributed by atoms with Crippen molar-refractivity contribution in [2.24, 2.45) is 5.84 Å². The first kappa shape index (κ1) is 6.39. The third kappa shape index (κ3) is 2.13. The summed E-state index contributed by atoms with van der Waals surface area (Å²) in [6.45, 7) is 0. The Morgan fingerprint density at radius 2 is 1.86 bits per heavy atom. The third-order valence-electron chi connectivity index (χ3n) is 0.493. The van der Waals surface area contributed by atoms with Crippen LogP contribution in [-0.2, 0) is 0 Å². The van der Waals surface area contributed by atoms with Crippen LogP contribution in [0, 0.1) is 0 Å². The fourth-order valence-corrected chi connectivity index (χ4v) is 0. The SMILES string of the molecule is C[N+](C)(N)C(=O)O. The highest BCUT2D eigenvalue weighted by Gasteiger charge is 2.18. The van der Waals surface area contributed by atoms with E-state index >= 15 is 0 Å². The van der Waals surface area contributed by atoms with Crippen LogP contribution in [0.1, 0.15) is 0 Å². The maximum Gasteiger partial charge on any atom is 0.532 e. The minimum absolute atomic E-state index is 0.528. The zero-order valence-corrected chi connectivity index (χ0v) is 4.38. The first-order valence-electron chi connectivity index (χ1n) is 1.80. The fraction of sp³-hybridized carbons (Fsp3) is 0.667. The molecule has 42 valence electrons. The number of rotatable bonds is 0. The highest BCUT2D eigenvalue weighted by Crippen LogP contribution is 1.82. The van der Waals surface area contributed by atoms with Gasteiger partial charge in [0.2, 0.25) is 0 Å². The van der Waals surface area contributed by atoms with Crippen LogP contribution < -0.4 is 5.84 Å². The molecule has 1 amide bonds. The van der Waals surface area contributed by atoms with Gasteiger partial charge < -0.3 is 5.11 Å². The predicted molar refractivity (Wildman–Crippen MR) is 24.3 cm³/mol. The molecule has 4 heteroatoms. The Morgan fingerprint density at radius 3 is 1.86 bits per heavy atom. The van der Waals surface area contributed by atoms with Crippen molar-refractivity contribution in [2.75, 3.05) is 14.1 Å². The molecule has 0 spiro atoms. The smallest absolute Gasteiger partial charge is 0.434 e. The van der Waals surface area contributed by atoms with Gasteiger partial charge in [-0.2, -0.15) is 15.2 Å². The van der Waals surface area contributed by atoms with Crippen molar-refractivity contribution in [3.8, 4) is 0 Å². The van der Waals surface area contributed by atoms with Crippen LogP contribution in [0.25, 0.3) is 0 Å². The molecule has 0 aliphatic heterocycles. The van der Waals surface area contributed by atoms with Crippen LogP contribution in [0.4, 0.5) is 4.79 Å². The molecule has 0 aliphatic carbocycles. The summed E-state index contributed by atoms with van der Waals surface area (Å²) in [5, 5.41) is 8.10. The molecule has 0 aromatic carbocycles. The number of carbonyl (C=O) groups is 1. The first-order valence-corrected chi connectivity index (χ1v) is 1.80. The van der Waals surface area contributed by atoms with E-state index in [2.05, 4.69) is 0 Å². The quantitative estimate of drug-likeness (QED) is 0.191. The number of hydrogen-bond acceptors (Lipinski definition) is 2. The summed E-state index contributed by atoms with van der Waals surface area (Å²) in [7, 11) is 2.75. The molecule has 0 rings (SSSR count). The Hall–Kier alpha value is -0.610. The van der Waals surface area contributed by atoms with Crippen molar-refractivity contribution in [3.05, 3.63) is 0 Å². The lowest BCUT2D eigenvalue weighted by Gasteiger charge is -2.12. The predicted octanol–water partition coefficient (Wildman–Crippen LogP) is -0.386. The van der Waals surface area contributed by atoms with Crippen LogP contribution in [-0.4, -0.2) is 29.9 Å². The molecule has 0 aliphatic rings. The van der Waals surface area contributed by atoms with Gasteiger partial charge in [-0.3, -0.25) is 0 Å². The molecular weight excluding hydrogens is 96.0 g/mol. The lowest BCUT2D eigenvalue weighted by atomic mass is 10.8. The standard InChI is InChI=1S/C3H8N2O2/c1-5(2,4)3(6)7/h4H2,1-2H3/p+1. The molecule has 4 nitrogen and oxygen atoms in total. The Kier molecular flexibility index (Phi) is 1.35. The van der Waals surface area contributed by atoms with Gasteiger partial charge in [0, 0.05) is 0 Å². The van der Waals surface area contributed by atoms with E-state index in [1.54, 1.807) is 0 Å². The Labute approximate surface area is 41.7 Å². The molecule has 3 N–H and O–H groups in total. The number of quaternary nitrogens is 1. The van der Waals surface area contributed by atoms with Crippen LogP contribution in [0.15, 0.2) is 0 Å². The monoisotopic (exact) mass is 105 g/mol. The zero-order chi connectivity index (χ0) is 6.08. The van der Waals surface area contributed by atoms with E-state index in [9.17, 15) is 4.79 Å². The van der Waals surface area contributed by atoms with E-state index in [-0.39, 0.29) is 0 Å². The molecule has 0 radical (unpaired) electrons. The van der Waals surface area contributed by atoms with Gasteiger partial charge in [-0.1, -0.05) is 0 Å². The fourth-order valence-electron chi connectivity index (χ4n) is 0. The van der Waals surface area contributed by atoms with Crippen LogP contribution >= 0.6 is 0 Å². The number of nitrogens with two attached hydrogens (primary N) is 1. The van der Waals surface area contributed by atoms with Crippen molar-refractivity contribution in [2.45, 2.75) is 0 Å². The third-order valence-corrected chi connectivity index (χ3v) is 0.493. The van der Waals surface area contributed by atoms with E-state index in [0.717, 1.165) is 0 Å². The van der Waals surface area contributed by atoms with Gasteiger partial charge in [0.05, 0.1) is 14.1 Å². The second-order valence-corrected chi connectivity index (χ2v) is 1.82. The van der Waals surface area contributed by atoms with Gasteiger partial charge in [0.15, 0.2) is 0 Å². The molecule has 0 fully saturated rings. The summed E-state index contributed by atoms with van der Waals surface area (Å²) in [5.74, 6) is 5.02. The minimum Gasteiger partial charge on any atom is -0.434 e. The van der Waals surface area contributed by atoms with E-state index < -0.39 is 10.7 Å². The van der Waals surface area contributed by atoms with Gasteiger partial charge in [-0.25, -0.2) is 0 Å². The van der Waals surface area contributed by atoms with E-state index in [0.29, 0.717) is 0 Å². The summed E-state index contributed by atoms with van der Waals surface area (Å²) in [6, 6.07) is 0. The summed E-state index contributed by atoms with van der Waals surface area (Å²) in [4.78, 5) is 9.87. The van der Waals surface area contributed by atoms with Gasteiger partial charge >= 0.3 is 6.09 Å². The molecule has 0 bridgehead atoms. The maximum atomic E-state index is 9.87. The summed E-state index contributed by atoms with van der Waals surface area (Å²) in [5.41, 5.74) is 0. The van der Waals surface area contributed by atoms with Crippen LogP contribution in [0.2, 0.25) is 0 Å². The Balaban J connectivity index is 3.79. The van der Waals surface area contributed by atoms with Crippen molar-refractivity contribution < 1.29 is 14.5 Å². The largest absolute Gasteiger partial charge is 0.532 e. The van der Waals surface area contributed by atoms with E-state index in [1.165, 1.54) is 14.1 Å². The average Bonchev–Trinajstić information content (AvgIpc) is 1.31. The molecule has 0 aromatic rings. The number of hydrogen-bond donors (Lipinski definition) is 2. The molecule has 7 heavy (non-hydrogen) atoms. The van der Waals surface area contributed by atoms with Crippen molar-refractivity contribution in [1.82, 2.24) is 0 Å². The van der Waals surface area contributed by atoms with Crippen LogP contribution in [0.5, 0.6) is 0 Å². The van der Waals surface area contributed by atoms with Crippen LogP contribution in [0.3, 0.4) is 0 Å². The minimum atomic E-state index is -1.04. The van der Waals surface area contributed by atoms with E-state index in [4.69, 9.17) is 10.9 Å². The second kappa shape index (κ2) is 1.48. The summed E-state index contributed by atoms with van der Waals surface area (Å²) in [6.07, 6.45) is -1.04. The molecule has 0 heterocycles.